The van der Waals surface area contributed by atoms with Crippen LogP contribution in [0.1, 0.15) is 19.3 Å². The fourth-order valence-electron chi connectivity index (χ4n) is 7.29. The predicted molar refractivity (Wildman–Crippen MR) is 165 cm³/mol. The van der Waals surface area contributed by atoms with E-state index in [9.17, 15) is 0 Å². The molecule has 38 heavy (non-hydrogen) atoms. The Balaban J connectivity index is 1.43. The van der Waals surface area contributed by atoms with Crippen molar-refractivity contribution in [3.8, 4) is 0 Å². The number of hydrogen-bond acceptors (Lipinski definition) is 1. The van der Waals surface area contributed by atoms with Crippen LogP contribution < -0.4 is 10.6 Å². The summed E-state index contributed by atoms with van der Waals surface area (Å²) in [4.78, 5) is 0. The molecule has 9 rings (SSSR count). The molecule has 0 heterocycles. The lowest BCUT2D eigenvalue weighted by Gasteiger charge is -2.36. The Morgan fingerprint density at radius 3 is 1.21 bits per heavy atom. The van der Waals surface area contributed by atoms with Crippen molar-refractivity contribution >= 4 is 82.4 Å². The van der Waals surface area contributed by atoms with Crippen LogP contribution in [-0.2, 0) is 4.57 Å². The van der Waals surface area contributed by atoms with E-state index in [1.807, 2.05) is 0 Å². The van der Waals surface area contributed by atoms with Crippen LogP contribution in [0.4, 0.5) is 0 Å². The van der Waals surface area contributed by atoms with Crippen LogP contribution in [0.15, 0.2) is 109 Å². The Bertz CT molecular complexity index is 2070. The molecule has 1 nitrogen and oxygen atoms in total. The SMILES string of the molecule is O=P(c1ccc2ccc3cccc4ccc1c2c34)(c1ccc2ccc3cccc4ccc1c2c34)C1CCC1. The summed E-state index contributed by atoms with van der Waals surface area (Å²) < 4.78 is 15.9. The molecule has 1 fully saturated rings. The first-order chi connectivity index (χ1) is 18.7. The first-order valence-corrected chi connectivity index (χ1v) is 15.4. The zero-order valence-corrected chi connectivity index (χ0v) is 21.8. The summed E-state index contributed by atoms with van der Waals surface area (Å²) in [7, 11) is -2.95. The van der Waals surface area contributed by atoms with Crippen LogP contribution in [-0.4, -0.2) is 5.66 Å². The van der Waals surface area contributed by atoms with Gasteiger partial charge >= 0.3 is 0 Å². The molecule has 8 aromatic rings. The van der Waals surface area contributed by atoms with Crippen LogP contribution in [0, 0.1) is 0 Å². The summed E-state index contributed by atoms with van der Waals surface area (Å²) in [5, 5.41) is 17.0. The monoisotopic (exact) mass is 504 g/mol. The van der Waals surface area contributed by atoms with E-state index in [4.69, 9.17) is 0 Å². The van der Waals surface area contributed by atoms with E-state index in [1.165, 1.54) is 53.9 Å². The molecule has 0 N–H and O–H groups in total. The Kier molecular flexibility index (Phi) is 4.07. The summed E-state index contributed by atoms with van der Waals surface area (Å²) in [6.45, 7) is 0. The fourth-order valence-corrected chi connectivity index (χ4v) is 11.1. The standard InChI is InChI=1S/C36H25OP/c37-38(28-8-3-9-28,31-20-16-26-12-10-22-4-1-6-24-14-18-29(31)35(26)33(22)24)32-21-17-27-13-11-23-5-2-7-25-15-19-30(32)36(27)34(23)25/h1-2,4-7,10-21,28H,3,8-9H2. The minimum absolute atomic E-state index is 0.194. The maximum atomic E-state index is 15.9. The van der Waals surface area contributed by atoms with Crippen LogP contribution in [0.3, 0.4) is 0 Å². The first kappa shape index (κ1) is 21.1. The third-order valence-corrected chi connectivity index (χ3v) is 13.1. The average Bonchev–Trinajstić information content (AvgIpc) is 2.93. The normalized spacial score (nSPS) is 15.1. The van der Waals surface area contributed by atoms with Gasteiger partial charge in [0.05, 0.1) is 0 Å². The summed E-state index contributed by atoms with van der Waals surface area (Å²) in [6, 6.07) is 39.7. The quantitative estimate of drug-likeness (QED) is 0.173. The van der Waals surface area contributed by atoms with Crippen LogP contribution in [0.25, 0.3) is 64.6 Å². The van der Waals surface area contributed by atoms with Gasteiger partial charge in [-0.2, -0.15) is 0 Å². The second-order valence-electron chi connectivity index (χ2n) is 11.1. The topological polar surface area (TPSA) is 17.1 Å². The van der Waals surface area contributed by atoms with E-state index in [0.717, 1.165) is 40.6 Å². The van der Waals surface area contributed by atoms with Crippen molar-refractivity contribution in [1.29, 1.82) is 0 Å². The Hall–Kier alpha value is -3.93. The molecule has 2 heteroatoms. The third kappa shape index (κ3) is 2.56. The van der Waals surface area contributed by atoms with Gasteiger partial charge in [-0.3, -0.25) is 0 Å². The maximum Gasteiger partial charge on any atom is 0.147 e. The highest BCUT2D eigenvalue weighted by Crippen LogP contribution is 2.59. The molecular formula is C36H25OP. The Morgan fingerprint density at radius 2 is 0.816 bits per heavy atom. The first-order valence-electron chi connectivity index (χ1n) is 13.7. The van der Waals surface area contributed by atoms with Gasteiger partial charge in [-0.1, -0.05) is 103 Å². The molecule has 0 saturated heterocycles. The predicted octanol–water partition coefficient (Wildman–Crippen LogP) is 9.35. The molecule has 1 saturated carbocycles. The molecule has 0 radical (unpaired) electrons. The number of rotatable bonds is 3. The van der Waals surface area contributed by atoms with E-state index >= 15 is 4.57 Å². The van der Waals surface area contributed by atoms with Gasteiger partial charge in [-0.15, -0.1) is 0 Å². The lowest BCUT2D eigenvalue weighted by atomic mass is 9.94. The Morgan fingerprint density at radius 1 is 0.447 bits per heavy atom. The minimum Gasteiger partial charge on any atom is -0.313 e. The van der Waals surface area contributed by atoms with E-state index in [-0.39, 0.29) is 5.66 Å². The van der Waals surface area contributed by atoms with Crippen molar-refractivity contribution < 1.29 is 4.57 Å². The van der Waals surface area contributed by atoms with Crippen molar-refractivity contribution in [2.75, 3.05) is 0 Å². The fraction of sp³-hybridized carbons (Fsp3) is 0.111. The summed E-state index contributed by atoms with van der Waals surface area (Å²) >= 11 is 0. The molecule has 0 unspecified atom stereocenters. The molecule has 0 aliphatic heterocycles. The smallest absolute Gasteiger partial charge is 0.147 e. The van der Waals surface area contributed by atoms with Gasteiger partial charge in [-0.05, 0) is 89.6 Å². The van der Waals surface area contributed by atoms with Crippen molar-refractivity contribution in [2.45, 2.75) is 24.9 Å². The average molecular weight is 505 g/mol. The molecular weight excluding hydrogens is 479 g/mol. The van der Waals surface area contributed by atoms with E-state index in [1.54, 1.807) is 0 Å². The minimum atomic E-state index is -2.95. The molecule has 0 atom stereocenters. The second kappa shape index (κ2) is 7.34. The lowest BCUT2D eigenvalue weighted by Crippen LogP contribution is -2.31. The van der Waals surface area contributed by atoms with Gasteiger partial charge in [0, 0.05) is 16.3 Å². The van der Waals surface area contributed by atoms with E-state index in [0.29, 0.717) is 0 Å². The highest BCUT2D eigenvalue weighted by Gasteiger charge is 2.42. The van der Waals surface area contributed by atoms with E-state index < -0.39 is 7.14 Å². The maximum absolute atomic E-state index is 15.9. The molecule has 1 aliphatic rings. The number of hydrogen-bond donors (Lipinski definition) is 0. The van der Waals surface area contributed by atoms with Gasteiger partial charge in [-0.25, -0.2) is 0 Å². The number of benzene rings is 8. The molecule has 180 valence electrons. The molecule has 0 aromatic heterocycles. The van der Waals surface area contributed by atoms with Gasteiger partial charge in [0.15, 0.2) is 0 Å². The zero-order valence-electron chi connectivity index (χ0n) is 20.9. The van der Waals surface area contributed by atoms with Crippen molar-refractivity contribution in [1.82, 2.24) is 0 Å². The lowest BCUT2D eigenvalue weighted by molar-refractivity contribution is 0.485. The molecule has 0 amide bonds. The van der Waals surface area contributed by atoms with Gasteiger partial charge < -0.3 is 4.57 Å². The Labute approximate surface area is 220 Å². The summed E-state index contributed by atoms with van der Waals surface area (Å²) in [5.41, 5.74) is 0.194. The highest BCUT2D eigenvalue weighted by molar-refractivity contribution is 7.80. The van der Waals surface area contributed by atoms with Crippen molar-refractivity contribution in [2.24, 2.45) is 0 Å². The molecule has 0 bridgehead atoms. The van der Waals surface area contributed by atoms with Crippen molar-refractivity contribution in [3.05, 3.63) is 109 Å². The van der Waals surface area contributed by atoms with Crippen molar-refractivity contribution in [3.63, 3.8) is 0 Å². The van der Waals surface area contributed by atoms with E-state index in [2.05, 4.69) is 109 Å². The third-order valence-electron chi connectivity index (χ3n) is 9.32. The molecule has 0 spiro atoms. The largest absolute Gasteiger partial charge is 0.313 e. The van der Waals surface area contributed by atoms with Crippen LogP contribution >= 0.6 is 7.14 Å². The zero-order chi connectivity index (χ0) is 25.0. The molecule has 1 aliphatic carbocycles. The highest BCUT2D eigenvalue weighted by atomic mass is 31.2. The van der Waals surface area contributed by atoms with Crippen LogP contribution in [0.2, 0.25) is 0 Å². The summed E-state index contributed by atoms with van der Waals surface area (Å²) in [5.74, 6) is 0. The van der Waals surface area contributed by atoms with Crippen LogP contribution in [0.5, 0.6) is 0 Å². The van der Waals surface area contributed by atoms with Gasteiger partial charge in [0.25, 0.3) is 0 Å². The molecule has 8 aromatic carbocycles. The van der Waals surface area contributed by atoms with Gasteiger partial charge in [0.2, 0.25) is 0 Å². The second-order valence-corrected chi connectivity index (χ2v) is 14.1. The summed E-state index contributed by atoms with van der Waals surface area (Å²) in [6.07, 6.45) is 3.22. The van der Waals surface area contributed by atoms with Gasteiger partial charge in [0.1, 0.15) is 7.14 Å².